The van der Waals surface area contributed by atoms with Crippen LogP contribution < -0.4 is 10.6 Å². The van der Waals surface area contributed by atoms with Gasteiger partial charge < -0.3 is 20.4 Å². The second kappa shape index (κ2) is 14.3. The van der Waals surface area contributed by atoms with Crippen LogP contribution in [-0.4, -0.2) is 81.0 Å². The van der Waals surface area contributed by atoms with Crippen LogP contribution in [0.1, 0.15) is 42.5 Å². The van der Waals surface area contributed by atoms with Gasteiger partial charge in [0.15, 0.2) is 0 Å². The number of fused-ring (bicyclic) bond motifs is 1. The summed E-state index contributed by atoms with van der Waals surface area (Å²) in [5, 5.41) is 11.3. The molecule has 2 amide bonds. The number of amides is 2. The van der Waals surface area contributed by atoms with Crippen LogP contribution in [0.15, 0.2) is 91.3 Å². The third-order valence-electron chi connectivity index (χ3n) is 8.22. The number of rotatable bonds is 10. The minimum Gasteiger partial charge on any atom is -0.350 e. The Morgan fingerprint density at radius 2 is 1.76 bits per heavy atom. The molecule has 0 spiro atoms. The van der Waals surface area contributed by atoms with Crippen LogP contribution >= 0.6 is 0 Å². The van der Waals surface area contributed by atoms with Crippen molar-refractivity contribution in [3.05, 3.63) is 96.8 Å². The van der Waals surface area contributed by atoms with Crippen molar-refractivity contribution in [2.45, 2.75) is 38.1 Å². The molecule has 0 radical (unpaired) electrons. The van der Waals surface area contributed by atoms with Crippen molar-refractivity contribution in [1.29, 1.82) is 0 Å². The number of nitrogens with zero attached hydrogens (tertiary/aromatic N) is 6. The maximum Gasteiger partial charge on any atom is 0.253 e. The van der Waals surface area contributed by atoms with Crippen molar-refractivity contribution < 1.29 is 9.59 Å². The van der Waals surface area contributed by atoms with E-state index in [0.717, 1.165) is 60.3 Å². The molecule has 2 N–H and O–H groups in total. The van der Waals surface area contributed by atoms with E-state index in [-0.39, 0.29) is 17.9 Å². The average molecular weight is 617 g/mol. The summed E-state index contributed by atoms with van der Waals surface area (Å²) in [6, 6.07) is 25.2. The fourth-order valence-electron chi connectivity index (χ4n) is 5.90. The Kier molecular flexibility index (Phi) is 9.64. The van der Waals surface area contributed by atoms with Gasteiger partial charge in [-0.3, -0.25) is 9.59 Å². The second-order valence-electron chi connectivity index (χ2n) is 12.0. The monoisotopic (exact) mass is 616 g/mol. The highest BCUT2D eigenvalue weighted by molar-refractivity contribution is 5.96. The van der Waals surface area contributed by atoms with Gasteiger partial charge in [-0.2, -0.15) is 5.10 Å². The molecule has 5 aromatic rings. The highest BCUT2D eigenvalue weighted by Gasteiger charge is 2.24. The van der Waals surface area contributed by atoms with E-state index in [2.05, 4.69) is 32.7 Å². The fraction of sp³-hybridized carbons (Fsp3) is 0.306. The van der Waals surface area contributed by atoms with Crippen LogP contribution in [0.2, 0.25) is 0 Å². The maximum absolute atomic E-state index is 13.6. The Bertz CT molecular complexity index is 1790. The van der Waals surface area contributed by atoms with E-state index in [1.165, 1.54) is 0 Å². The SMILES string of the molecule is CN(C)CCCC(=O)Nc1ccc(C(=O)N2CCCCC(Nc3nccc(-c4c(-c5ccccc5)nn5ccccc45)n3)C2)cc1. The highest BCUT2D eigenvalue weighted by Crippen LogP contribution is 2.34. The van der Waals surface area contributed by atoms with Crippen molar-refractivity contribution >= 4 is 29.0 Å². The number of carbonyl (C=O) groups is 2. The van der Waals surface area contributed by atoms with E-state index in [1.54, 1.807) is 30.5 Å². The van der Waals surface area contributed by atoms with Gasteiger partial charge in [-0.25, -0.2) is 14.5 Å². The summed E-state index contributed by atoms with van der Waals surface area (Å²) in [6.07, 6.45) is 7.79. The number of carbonyl (C=O) groups excluding carboxylic acids is 2. The predicted molar refractivity (Wildman–Crippen MR) is 182 cm³/mol. The lowest BCUT2D eigenvalue weighted by molar-refractivity contribution is -0.116. The van der Waals surface area contributed by atoms with Gasteiger partial charge in [-0.15, -0.1) is 0 Å². The Morgan fingerprint density at radius 3 is 2.57 bits per heavy atom. The van der Waals surface area contributed by atoms with Crippen LogP contribution in [0.3, 0.4) is 0 Å². The van der Waals surface area contributed by atoms with Crippen molar-refractivity contribution in [2.75, 3.05) is 44.4 Å². The van der Waals surface area contributed by atoms with Gasteiger partial charge in [-0.1, -0.05) is 36.4 Å². The number of hydrogen-bond donors (Lipinski definition) is 2. The third kappa shape index (κ3) is 7.40. The Hall–Kier alpha value is -5.09. The van der Waals surface area contributed by atoms with Crippen molar-refractivity contribution in [2.24, 2.45) is 0 Å². The summed E-state index contributed by atoms with van der Waals surface area (Å²) >= 11 is 0. The molecule has 3 aromatic heterocycles. The molecule has 4 heterocycles. The van der Waals surface area contributed by atoms with E-state index in [0.29, 0.717) is 36.7 Å². The molecule has 46 heavy (non-hydrogen) atoms. The van der Waals surface area contributed by atoms with Crippen LogP contribution in [0.4, 0.5) is 11.6 Å². The van der Waals surface area contributed by atoms with Crippen molar-refractivity contribution in [3.63, 3.8) is 0 Å². The van der Waals surface area contributed by atoms with Gasteiger partial charge in [0.25, 0.3) is 5.91 Å². The first kappa shape index (κ1) is 30.9. The van der Waals surface area contributed by atoms with Gasteiger partial charge >= 0.3 is 0 Å². The van der Waals surface area contributed by atoms with Gasteiger partial charge in [0, 0.05) is 54.8 Å². The summed E-state index contributed by atoms with van der Waals surface area (Å²) < 4.78 is 1.88. The molecule has 1 fully saturated rings. The number of likely N-dealkylation sites (tertiary alicyclic amines) is 1. The van der Waals surface area contributed by atoms with E-state index in [1.807, 2.05) is 72.2 Å². The standard InChI is InChI=1S/C36H40N8O2/c1-42(2)22-10-15-32(45)38-28-18-16-27(17-19-28)35(46)43-23-8-6-13-29(25-43)39-36-37-21-20-30(40-36)33-31-14-7-9-24-44(31)41-34(33)26-11-4-3-5-12-26/h3-5,7,9,11-12,14,16-21,24,29H,6,8,10,13,15,22-23,25H2,1-2H3,(H,38,45)(H,37,39,40). The number of benzene rings is 2. The van der Waals surface area contributed by atoms with Crippen LogP contribution in [0.25, 0.3) is 28.0 Å². The zero-order valence-corrected chi connectivity index (χ0v) is 26.4. The predicted octanol–water partition coefficient (Wildman–Crippen LogP) is 5.85. The molecule has 0 bridgehead atoms. The zero-order valence-electron chi connectivity index (χ0n) is 26.4. The van der Waals surface area contributed by atoms with Crippen molar-refractivity contribution in [3.8, 4) is 22.5 Å². The first-order valence-corrected chi connectivity index (χ1v) is 15.9. The molecule has 10 heteroatoms. The van der Waals surface area contributed by atoms with Crippen LogP contribution in [0, 0.1) is 0 Å². The molecular weight excluding hydrogens is 576 g/mol. The minimum absolute atomic E-state index is 0.0000674. The molecule has 1 saturated heterocycles. The lowest BCUT2D eigenvalue weighted by Crippen LogP contribution is -2.39. The Labute approximate surface area is 269 Å². The summed E-state index contributed by atoms with van der Waals surface area (Å²) in [5.41, 5.74) is 5.87. The van der Waals surface area contributed by atoms with E-state index in [4.69, 9.17) is 10.1 Å². The lowest BCUT2D eigenvalue weighted by Gasteiger charge is -2.25. The van der Waals surface area contributed by atoms with Gasteiger partial charge in [0.05, 0.1) is 16.8 Å². The summed E-state index contributed by atoms with van der Waals surface area (Å²) in [7, 11) is 3.99. The molecular formula is C36H40N8O2. The lowest BCUT2D eigenvalue weighted by atomic mass is 10.0. The van der Waals surface area contributed by atoms with E-state index >= 15 is 0 Å². The summed E-state index contributed by atoms with van der Waals surface area (Å²) in [6.45, 7) is 2.09. The molecule has 0 saturated carbocycles. The number of nitrogens with one attached hydrogen (secondary N) is 2. The normalized spacial score (nSPS) is 15.1. The first-order chi connectivity index (χ1) is 22.4. The highest BCUT2D eigenvalue weighted by atomic mass is 16.2. The molecule has 0 aliphatic carbocycles. The maximum atomic E-state index is 13.6. The smallest absolute Gasteiger partial charge is 0.253 e. The molecule has 1 atom stereocenters. The molecule has 236 valence electrons. The van der Waals surface area contributed by atoms with E-state index in [9.17, 15) is 9.59 Å². The van der Waals surface area contributed by atoms with Gasteiger partial charge in [0.1, 0.15) is 5.69 Å². The Morgan fingerprint density at radius 1 is 0.957 bits per heavy atom. The molecule has 2 aromatic carbocycles. The number of anilines is 2. The van der Waals surface area contributed by atoms with Gasteiger partial charge in [-0.05, 0) is 88.8 Å². The van der Waals surface area contributed by atoms with Crippen LogP contribution in [0.5, 0.6) is 0 Å². The first-order valence-electron chi connectivity index (χ1n) is 15.9. The quantitative estimate of drug-likeness (QED) is 0.203. The minimum atomic E-state index is -0.0221. The second-order valence-corrected chi connectivity index (χ2v) is 12.0. The molecule has 1 aliphatic heterocycles. The Balaban J connectivity index is 1.15. The fourth-order valence-corrected chi connectivity index (χ4v) is 5.90. The average Bonchev–Trinajstić information content (AvgIpc) is 3.31. The third-order valence-corrected chi connectivity index (χ3v) is 8.22. The summed E-state index contributed by atoms with van der Waals surface area (Å²) in [5.74, 6) is 0.481. The topological polar surface area (TPSA) is 108 Å². The number of pyridine rings is 1. The largest absolute Gasteiger partial charge is 0.350 e. The molecule has 6 rings (SSSR count). The summed E-state index contributed by atoms with van der Waals surface area (Å²) in [4.78, 5) is 39.3. The van der Waals surface area contributed by atoms with E-state index < -0.39 is 0 Å². The van der Waals surface area contributed by atoms with Crippen LogP contribution in [-0.2, 0) is 4.79 Å². The molecule has 1 unspecified atom stereocenters. The zero-order chi connectivity index (χ0) is 31.9. The van der Waals surface area contributed by atoms with Crippen molar-refractivity contribution in [1.82, 2.24) is 29.4 Å². The number of aromatic nitrogens is 4. The van der Waals surface area contributed by atoms with Gasteiger partial charge in [0.2, 0.25) is 11.9 Å². The molecule has 10 nitrogen and oxygen atoms in total. The number of hydrogen-bond acceptors (Lipinski definition) is 7. The molecule has 1 aliphatic rings.